The molecule has 0 spiro atoms. The monoisotopic (exact) mass is 513 g/mol. The molecule has 2 aliphatic rings. The molecule has 2 heterocycles. The first-order valence-corrected chi connectivity index (χ1v) is 13.0. The molecule has 2 unspecified atom stereocenters. The first-order chi connectivity index (χ1) is 18.4. The second-order valence-electron chi connectivity index (χ2n) is 10.2. The number of aliphatic carboxylic acids is 1. The third-order valence-corrected chi connectivity index (χ3v) is 7.66. The number of ether oxygens (including phenoxy) is 1. The van der Waals surface area contributed by atoms with E-state index in [2.05, 4.69) is 21.4 Å². The summed E-state index contributed by atoms with van der Waals surface area (Å²) in [5, 5.41) is 26.0. The number of carbonyl (C=O) groups is 2. The van der Waals surface area contributed by atoms with Gasteiger partial charge in [0.2, 0.25) is 0 Å². The van der Waals surface area contributed by atoms with Crippen molar-refractivity contribution in [2.24, 2.45) is 5.41 Å². The molecule has 1 saturated carbocycles. The van der Waals surface area contributed by atoms with Crippen molar-refractivity contribution in [3.63, 3.8) is 0 Å². The van der Waals surface area contributed by atoms with Crippen molar-refractivity contribution in [1.82, 2.24) is 9.78 Å². The summed E-state index contributed by atoms with van der Waals surface area (Å²) in [4.78, 5) is 26.3. The minimum atomic E-state index is -0.724. The molecule has 1 saturated heterocycles. The van der Waals surface area contributed by atoms with Crippen LogP contribution in [0.1, 0.15) is 62.7 Å². The quantitative estimate of drug-likeness (QED) is 0.398. The Morgan fingerprint density at radius 3 is 2.53 bits per heavy atom. The molecule has 2 aromatic carbocycles. The summed E-state index contributed by atoms with van der Waals surface area (Å²) in [5.41, 5.74) is 2.75. The van der Waals surface area contributed by atoms with Crippen LogP contribution in [0.5, 0.6) is 0 Å². The molecular formula is C29H31N5O4. The number of carboxylic acids is 1. The Morgan fingerprint density at radius 2 is 1.87 bits per heavy atom. The van der Waals surface area contributed by atoms with Gasteiger partial charge in [0.1, 0.15) is 17.7 Å². The smallest absolute Gasteiger partial charge is 0.413 e. The van der Waals surface area contributed by atoms with Crippen molar-refractivity contribution in [3.8, 4) is 11.8 Å². The van der Waals surface area contributed by atoms with E-state index >= 15 is 0 Å². The molecule has 1 aliphatic carbocycles. The number of hydrogen-bond acceptors (Lipinski definition) is 6. The van der Waals surface area contributed by atoms with E-state index in [0.29, 0.717) is 0 Å². The third-order valence-electron chi connectivity index (χ3n) is 7.66. The Bertz CT molecular complexity index is 1340. The predicted octanol–water partition coefficient (Wildman–Crippen LogP) is 5.67. The van der Waals surface area contributed by atoms with E-state index in [1.54, 1.807) is 17.8 Å². The van der Waals surface area contributed by atoms with Gasteiger partial charge in [-0.1, -0.05) is 30.3 Å². The molecule has 9 nitrogen and oxygen atoms in total. The van der Waals surface area contributed by atoms with Crippen LogP contribution in [0.15, 0.2) is 60.8 Å². The van der Waals surface area contributed by atoms with E-state index < -0.39 is 18.2 Å². The maximum absolute atomic E-state index is 12.5. The van der Waals surface area contributed by atoms with E-state index in [4.69, 9.17) is 4.74 Å². The van der Waals surface area contributed by atoms with Gasteiger partial charge in [-0.2, -0.15) is 5.26 Å². The fourth-order valence-corrected chi connectivity index (χ4v) is 5.52. The summed E-state index contributed by atoms with van der Waals surface area (Å²) in [5.74, 6) is -0.597. The molecule has 38 heavy (non-hydrogen) atoms. The number of nitrogens with one attached hydrogen (secondary N) is 1. The van der Waals surface area contributed by atoms with Crippen molar-refractivity contribution in [1.29, 1.82) is 5.26 Å². The highest BCUT2D eigenvalue weighted by atomic mass is 16.6. The van der Waals surface area contributed by atoms with Crippen LogP contribution < -0.4 is 10.2 Å². The molecule has 1 aliphatic heterocycles. The number of piperidine rings is 1. The highest BCUT2D eigenvalue weighted by molar-refractivity contribution is 5.85. The van der Waals surface area contributed by atoms with Crippen molar-refractivity contribution >= 4 is 23.6 Å². The lowest BCUT2D eigenvalue weighted by Crippen LogP contribution is -2.46. The minimum absolute atomic E-state index is 0.123. The number of carbonyl (C=O) groups excluding carboxylic acids is 1. The summed E-state index contributed by atoms with van der Waals surface area (Å²) in [6.45, 7) is 2.68. The van der Waals surface area contributed by atoms with Crippen molar-refractivity contribution < 1.29 is 19.4 Å². The average molecular weight is 514 g/mol. The molecule has 2 fully saturated rings. The van der Waals surface area contributed by atoms with Gasteiger partial charge in [-0.05, 0) is 68.9 Å². The van der Waals surface area contributed by atoms with Gasteiger partial charge in [-0.15, -0.1) is 5.10 Å². The number of carboxylic acid groups (broad SMARTS) is 1. The van der Waals surface area contributed by atoms with Crippen LogP contribution in [-0.2, 0) is 9.53 Å². The van der Waals surface area contributed by atoms with Gasteiger partial charge < -0.3 is 14.7 Å². The van der Waals surface area contributed by atoms with E-state index in [0.717, 1.165) is 55.6 Å². The summed E-state index contributed by atoms with van der Waals surface area (Å²) < 4.78 is 7.01. The molecule has 1 amide bonds. The number of rotatable bonds is 8. The van der Waals surface area contributed by atoms with Gasteiger partial charge in [-0.25, -0.2) is 9.48 Å². The van der Waals surface area contributed by atoms with Crippen LogP contribution in [0.25, 0.3) is 5.69 Å². The maximum Gasteiger partial charge on any atom is 0.413 e. The Kier molecular flexibility index (Phi) is 7.05. The SMILES string of the molecule is CC(OC(=O)Nc1nn(-c2ccc(N3CCCCC3C3(CC(=O)O)CC3)cc2)cc1C#N)c1ccccc1. The van der Waals surface area contributed by atoms with E-state index in [-0.39, 0.29) is 29.3 Å². The van der Waals surface area contributed by atoms with Crippen LogP contribution in [0, 0.1) is 16.7 Å². The Balaban J connectivity index is 1.29. The molecule has 3 aromatic rings. The minimum Gasteiger partial charge on any atom is -0.481 e. The molecule has 0 bridgehead atoms. The van der Waals surface area contributed by atoms with Gasteiger partial charge in [0.05, 0.1) is 18.3 Å². The number of nitrogens with zero attached hydrogens (tertiary/aromatic N) is 4. The Labute approximate surface area is 221 Å². The Morgan fingerprint density at radius 1 is 1.16 bits per heavy atom. The standard InChI is InChI=1S/C29H31N5O4/c1-20(21-7-3-2-4-8-21)38-28(37)31-27-22(18-30)19-34(32-27)24-12-10-23(11-13-24)33-16-6-5-9-25(33)29(14-15-29)17-26(35)36/h2-4,7-8,10-13,19-20,25H,5-6,9,14-17H2,1H3,(H,35,36)(H,31,32,37). The zero-order chi connectivity index (χ0) is 26.7. The zero-order valence-corrected chi connectivity index (χ0v) is 21.3. The summed E-state index contributed by atoms with van der Waals surface area (Å²) in [7, 11) is 0. The van der Waals surface area contributed by atoms with Gasteiger partial charge >= 0.3 is 12.1 Å². The average Bonchev–Trinajstić information content (AvgIpc) is 3.59. The molecule has 1 aromatic heterocycles. The summed E-state index contributed by atoms with van der Waals surface area (Å²) in [6, 6.07) is 19.6. The highest BCUT2D eigenvalue weighted by Crippen LogP contribution is 2.56. The molecule has 2 atom stereocenters. The fourth-order valence-electron chi connectivity index (χ4n) is 5.52. The van der Waals surface area contributed by atoms with Crippen LogP contribution in [-0.4, -0.2) is 39.5 Å². The second kappa shape index (κ2) is 10.6. The number of benzene rings is 2. The van der Waals surface area contributed by atoms with Gasteiger partial charge in [0, 0.05) is 23.7 Å². The maximum atomic E-state index is 12.5. The lowest BCUT2D eigenvalue weighted by molar-refractivity contribution is -0.138. The van der Waals surface area contributed by atoms with Gasteiger partial charge in [0.25, 0.3) is 0 Å². The van der Waals surface area contributed by atoms with Crippen LogP contribution in [0.3, 0.4) is 0 Å². The molecule has 2 N–H and O–H groups in total. The first kappa shape index (κ1) is 25.3. The zero-order valence-electron chi connectivity index (χ0n) is 21.3. The normalized spacial score (nSPS) is 18.7. The van der Waals surface area contributed by atoms with Crippen LogP contribution in [0.4, 0.5) is 16.3 Å². The summed E-state index contributed by atoms with van der Waals surface area (Å²) >= 11 is 0. The number of nitriles is 1. The molecule has 9 heteroatoms. The highest BCUT2D eigenvalue weighted by Gasteiger charge is 2.53. The number of amides is 1. The predicted molar refractivity (Wildman–Crippen MR) is 142 cm³/mol. The van der Waals surface area contributed by atoms with E-state index in [1.165, 1.54) is 0 Å². The van der Waals surface area contributed by atoms with Crippen LogP contribution in [0.2, 0.25) is 0 Å². The third kappa shape index (κ3) is 5.35. The van der Waals surface area contributed by atoms with Gasteiger partial charge in [-0.3, -0.25) is 10.1 Å². The van der Waals surface area contributed by atoms with E-state index in [9.17, 15) is 20.0 Å². The van der Waals surface area contributed by atoms with Crippen LogP contribution >= 0.6 is 0 Å². The van der Waals surface area contributed by atoms with E-state index in [1.807, 2.05) is 54.6 Å². The van der Waals surface area contributed by atoms with Crippen molar-refractivity contribution in [2.45, 2.75) is 57.6 Å². The Hall–Kier alpha value is -4.32. The fraction of sp³-hybridized carbons (Fsp3) is 0.379. The number of hydrogen-bond donors (Lipinski definition) is 2. The van der Waals surface area contributed by atoms with Crippen molar-refractivity contribution in [2.75, 3.05) is 16.8 Å². The lowest BCUT2D eigenvalue weighted by atomic mass is 9.84. The topological polar surface area (TPSA) is 120 Å². The lowest BCUT2D eigenvalue weighted by Gasteiger charge is -2.42. The largest absolute Gasteiger partial charge is 0.481 e. The molecule has 196 valence electrons. The second-order valence-corrected chi connectivity index (χ2v) is 10.2. The molecular weight excluding hydrogens is 482 g/mol. The molecule has 0 radical (unpaired) electrons. The summed E-state index contributed by atoms with van der Waals surface area (Å²) in [6.07, 6.45) is 5.78. The number of anilines is 2. The first-order valence-electron chi connectivity index (χ1n) is 13.0. The number of aromatic nitrogens is 2. The molecule has 5 rings (SSSR count). The van der Waals surface area contributed by atoms with Crippen molar-refractivity contribution in [3.05, 3.63) is 71.9 Å². The van der Waals surface area contributed by atoms with Gasteiger partial charge in [0.15, 0.2) is 5.82 Å².